The van der Waals surface area contributed by atoms with Crippen LogP contribution in [-0.4, -0.2) is 20.3 Å². The number of benzene rings is 1. The first-order chi connectivity index (χ1) is 10.9. The summed E-state index contributed by atoms with van der Waals surface area (Å²) < 4.78 is 65.2. The van der Waals surface area contributed by atoms with Gasteiger partial charge in [-0.3, -0.25) is 0 Å². The lowest BCUT2D eigenvalue weighted by atomic mass is 10.2. The molecule has 0 N–H and O–H groups in total. The van der Waals surface area contributed by atoms with Gasteiger partial charge in [0, 0.05) is 6.07 Å². The molecule has 11 heteroatoms. The van der Waals surface area contributed by atoms with Crippen molar-refractivity contribution in [3.63, 3.8) is 0 Å². The van der Waals surface area contributed by atoms with E-state index in [4.69, 9.17) is 4.74 Å². The highest BCUT2D eigenvalue weighted by Gasteiger charge is 2.38. The maximum absolute atomic E-state index is 14.3. The number of hydrogen-bond donors (Lipinski definition) is 0. The van der Waals surface area contributed by atoms with Crippen LogP contribution in [0.4, 0.5) is 17.6 Å². The largest absolute Gasteiger partial charge is 0.482 e. The van der Waals surface area contributed by atoms with E-state index in [-0.39, 0.29) is 23.7 Å². The molecule has 0 unspecified atom stereocenters. The highest BCUT2D eigenvalue weighted by Crippen LogP contribution is 2.31. The minimum absolute atomic E-state index is 0.155. The monoisotopic (exact) mass is 329 g/mol. The van der Waals surface area contributed by atoms with E-state index in [1.165, 1.54) is 6.07 Å². The molecule has 2 aromatic heterocycles. The molecule has 7 nitrogen and oxygen atoms in total. The van der Waals surface area contributed by atoms with Gasteiger partial charge in [-0.2, -0.15) is 23.1 Å². The third-order valence-corrected chi connectivity index (χ3v) is 2.56. The van der Waals surface area contributed by atoms with Gasteiger partial charge in [0.15, 0.2) is 18.2 Å². The van der Waals surface area contributed by atoms with Crippen LogP contribution < -0.4 is 4.74 Å². The van der Waals surface area contributed by atoms with Crippen molar-refractivity contribution in [2.45, 2.75) is 12.8 Å². The van der Waals surface area contributed by atoms with E-state index in [1.54, 1.807) is 0 Å². The Hall–Kier alpha value is -2.98. The number of ether oxygens (including phenoxy) is 1. The lowest BCUT2D eigenvalue weighted by Crippen LogP contribution is -2.05. The smallest absolute Gasteiger partial charge is 0.471 e. The molecule has 119 valence electrons. The first-order valence-electron chi connectivity index (χ1n) is 5.94. The summed E-state index contributed by atoms with van der Waals surface area (Å²) >= 11 is 0. The normalized spacial score (nSPS) is 11.7. The van der Waals surface area contributed by atoms with Crippen LogP contribution in [0, 0.1) is 11.9 Å². The van der Waals surface area contributed by atoms with Crippen molar-refractivity contribution < 1.29 is 31.3 Å². The molecule has 0 aliphatic rings. The zero-order valence-electron chi connectivity index (χ0n) is 11.0. The van der Waals surface area contributed by atoms with Crippen LogP contribution in [0.15, 0.2) is 27.6 Å². The van der Waals surface area contributed by atoms with Crippen LogP contribution >= 0.6 is 0 Å². The van der Waals surface area contributed by atoms with E-state index in [9.17, 15) is 17.6 Å². The van der Waals surface area contributed by atoms with Gasteiger partial charge in [-0.25, -0.2) is 4.39 Å². The minimum Gasteiger partial charge on any atom is -0.482 e. The van der Waals surface area contributed by atoms with Gasteiger partial charge in [0.25, 0.3) is 0 Å². The zero-order chi connectivity index (χ0) is 16.4. The highest BCUT2D eigenvalue weighted by molar-refractivity contribution is 5.58. The maximum atomic E-state index is 14.3. The van der Waals surface area contributed by atoms with E-state index >= 15 is 0 Å². The summed E-state index contributed by atoms with van der Waals surface area (Å²) in [5.41, 5.74) is -0.328. The Labute approximate surface area is 124 Å². The second kappa shape index (κ2) is 5.66. The van der Waals surface area contributed by atoms with Crippen LogP contribution in [-0.2, 0) is 12.8 Å². The fourth-order valence-electron chi connectivity index (χ4n) is 1.58. The Kier molecular flexibility index (Phi) is 3.68. The Balaban J connectivity index is 1.86. The SMILES string of the molecule is Fc1c(OCc2ncon2)[c]ccc1-c1noc(C(F)(F)F)n1. The van der Waals surface area contributed by atoms with Gasteiger partial charge in [-0.05, 0) is 12.1 Å². The van der Waals surface area contributed by atoms with Crippen LogP contribution in [0.1, 0.15) is 11.7 Å². The minimum atomic E-state index is -4.82. The fourth-order valence-corrected chi connectivity index (χ4v) is 1.58. The lowest BCUT2D eigenvalue weighted by molar-refractivity contribution is -0.159. The summed E-state index contributed by atoms with van der Waals surface area (Å²) in [6.45, 7) is -0.215. The summed E-state index contributed by atoms with van der Waals surface area (Å²) in [6.07, 6.45) is -3.76. The summed E-state index contributed by atoms with van der Waals surface area (Å²) in [7, 11) is 0. The third kappa shape index (κ3) is 3.12. The zero-order valence-corrected chi connectivity index (χ0v) is 11.0. The molecular weight excluding hydrogens is 324 g/mol. The van der Waals surface area contributed by atoms with E-state index in [2.05, 4.69) is 35.4 Å². The molecule has 0 bridgehead atoms. The molecule has 0 fully saturated rings. The summed E-state index contributed by atoms with van der Waals surface area (Å²) in [4.78, 5) is 6.78. The lowest BCUT2D eigenvalue weighted by Gasteiger charge is -2.06. The summed E-state index contributed by atoms with van der Waals surface area (Å²) in [5, 5.41) is 6.57. The average Bonchev–Trinajstić information content (AvgIpc) is 3.17. The highest BCUT2D eigenvalue weighted by atomic mass is 19.4. The molecule has 0 aliphatic heterocycles. The second-order valence-electron chi connectivity index (χ2n) is 4.09. The summed E-state index contributed by atoms with van der Waals surface area (Å²) in [6, 6.07) is 4.84. The van der Waals surface area contributed by atoms with Crippen molar-refractivity contribution in [1.82, 2.24) is 20.3 Å². The summed E-state index contributed by atoms with van der Waals surface area (Å²) in [5.74, 6) is -3.33. The van der Waals surface area contributed by atoms with Gasteiger partial charge >= 0.3 is 12.1 Å². The van der Waals surface area contributed by atoms with Gasteiger partial charge in [0.05, 0.1) is 5.56 Å². The molecule has 2 heterocycles. The average molecular weight is 329 g/mol. The van der Waals surface area contributed by atoms with Crippen LogP contribution in [0.3, 0.4) is 0 Å². The van der Waals surface area contributed by atoms with Crippen LogP contribution in [0.2, 0.25) is 0 Å². The van der Waals surface area contributed by atoms with Crippen LogP contribution in [0.5, 0.6) is 5.75 Å². The first kappa shape index (κ1) is 14.9. The van der Waals surface area contributed by atoms with Gasteiger partial charge < -0.3 is 13.8 Å². The predicted octanol–water partition coefficient (Wildman–Crippen LogP) is 2.66. The second-order valence-corrected chi connectivity index (χ2v) is 4.09. The van der Waals surface area contributed by atoms with E-state index < -0.39 is 23.7 Å². The number of aromatic nitrogens is 4. The molecule has 1 aromatic carbocycles. The molecular formula is C12H5F4N4O3. The molecule has 0 saturated carbocycles. The predicted molar refractivity (Wildman–Crippen MR) is 62.2 cm³/mol. The topological polar surface area (TPSA) is 87.1 Å². The van der Waals surface area contributed by atoms with Crippen molar-refractivity contribution >= 4 is 0 Å². The molecule has 0 spiro atoms. The number of rotatable bonds is 4. The third-order valence-electron chi connectivity index (χ3n) is 2.56. The van der Waals surface area contributed by atoms with Crippen molar-refractivity contribution in [3.05, 3.63) is 42.1 Å². The molecule has 3 rings (SSSR count). The van der Waals surface area contributed by atoms with Crippen molar-refractivity contribution in [2.75, 3.05) is 0 Å². The van der Waals surface area contributed by atoms with E-state index in [1.807, 2.05) is 0 Å². The number of alkyl halides is 3. The Bertz CT molecular complexity index is 801. The number of nitrogens with zero attached hydrogens (tertiary/aromatic N) is 4. The molecule has 0 atom stereocenters. The van der Waals surface area contributed by atoms with Gasteiger partial charge in [0.1, 0.15) is 0 Å². The fraction of sp³-hybridized carbons (Fsp3) is 0.167. The molecule has 0 aliphatic carbocycles. The van der Waals surface area contributed by atoms with Crippen molar-refractivity contribution in [2.24, 2.45) is 0 Å². The molecule has 3 aromatic rings. The van der Waals surface area contributed by atoms with Gasteiger partial charge in [0.2, 0.25) is 18.0 Å². The quantitative estimate of drug-likeness (QED) is 0.680. The first-order valence-corrected chi connectivity index (χ1v) is 5.94. The van der Waals surface area contributed by atoms with Gasteiger partial charge in [-0.1, -0.05) is 10.3 Å². The van der Waals surface area contributed by atoms with E-state index in [0.29, 0.717) is 0 Å². The van der Waals surface area contributed by atoms with Gasteiger partial charge in [-0.15, -0.1) is 0 Å². The van der Waals surface area contributed by atoms with Crippen LogP contribution in [0.25, 0.3) is 11.4 Å². The molecule has 1 radical (unpaired) electrons. The van der Waals surface area contributed by atoms with E-state index in [0.717, 1.165) is 12.5 Å². The number of hydrogen-bond acceptors (Lipinski definition) is 7. The molecule has 0 saturated heterocycles. The Morgan fingerprint density at radius 3 is 2.74 bits per heavy atom. The standard InChI is InChI=1S/C12H5F4N4O3/c13-9-6(10-18-11(23-20-10)12(14,15)16)2-1-3-7(9)21-4-8-17-5-22-19-8/h1-2,5H,4H2. The van der Waals surface area contributed by atoms with Crippen molar-refractivity contribution in [3.8, 4) is 17.1 Å². The number of halogens is 4. The molecule has 23 heavy (non-hydrogen) atoms. The van der Waals surface area contributed by atoms with Crippen molar-refractivity contribution in [1.29, 1.82) is 0 Å². The Morgan fingerprint density at radius 1 is 1.26 bits per heavy atom. The Morgan fingerprint density at radius 2 is 2.09 bits per heavy atom. The molecule has 0 amide bonds. The maximum Gasteiger partial charge on any atom is 0.471 e.